The van der Waals surface area contributed by atoms with Crippen molar-refractivity contribution >= 4 is 17.0 Å². The number of imidazole rings is 1. The standard InChI is InChI=1S/C44H49N5O3/c1-43(2,3)52-42(51)49-22-8-11-38(49)40-46-36-19-16-30(23-33(36)41(50)48-40)32-18-17-31(34-24-44(25-35(32)34)20-6-7-21-44)27-12-14-28(15-13-27)37-26-45-39(47-37)29-9-4-5-10-29/h12-19,23,26,29,38H,4-11,20-22,24-25H2,1-3H3,(H,45,47)(H,46,48,50)/t38-/m0/s1. The topological polar surface area (TPSA) is 104 Å². The monoisotopic (exact) mass is 695 g/mol. The van der Waals surface area contributed by atoms with Gasteiger partial charge in [-0.1, -0.05) is 68.1 Å². The summed E-state index contributed by atoms with van der Waals surface area (Å²) in [5.41, 5.74) is 10.2. The third-order valence-corrected chi connectivity index (χ3v) is 12.3. The van der Waals surface area contributed by atoms with Crippen LogP contribution in [0.5, 0.6) is 0 Å². The Bertz CT molecular complexity index is 2210. The Hall–Kier alpha value is -4.72. The fourth-order valence-electron chi connectivity index (χ4n) is 9.72. The lowest BCUT2D eigenvalue weighted by Crippen LogP contribution is -2.37. The molecule has 3 fully saturated rings. The summed E-state index contributed by atoms with van der Waals surface area (Å²) >= 11 is 0. The predicted molar refractivity (Wildman–Crippen MR) is 205 cm³/mol. The van der Waals surface area contributed by atoms with E-state index in [0.717, 1.165) is 42.8 Å². The second kappa shape index (κ2) is 12.7. The lowest BCUT2D eigenvalue weighted by atomic mass is 9.82. The Labute approximate surface area is 305 Å². The molecule has 3 heterocycles. The second-order valence-corrected chi connectivity index (χ2v) is 16.9. The van der Waals surface area contributed by atoms with E-state index in [1.54, 1.807) is 4.90 Å². The number of ether oxygens (including phenoxy) is 1. The molecule has 1 aliphatic heterocycles. The summed E-state index contributed by atoms with van der Waals surface area (Å²) in [5.74, 6) is 2.23. The molecular weight excluding hydrogens is 647 g/mol. The van der Waals surface area contributed by atoms with Crippen molar-refractivity contribution in [1.29, 1.82) is 0 Å². The van der Waals surface area contributed by atoms with Crippen LogP contribution in [0.4, 0.5) is 4.79 Å². The first-order valence-corrected chi connectivity index (χ1v) is 19.5. The van der Waals surface area contributed by atoms with E-state index in [4.69, 9.17) is 14.7 Å². The number of aromatic nitrogens is 4. The maximum absolute atomic E-state index is 13.7. The van der Waals surface area contributed by atoms with E-state index in [-0.39, 0.29) is 17.7 Å². The van der Waals surface area contributed by atoms with Gasteiger partial charge in [0.05, 0.1) is 28.8 Å². The maximum atomic E-state index is 13.7. The van der Waals surface area contributed by atoms with Crippen LogP contribution in [-0.2, 0) is 17.6 Å². The van der Waals surface area contributed by atoms with Crippen LogP contribution in [0.1, 0.15) is 120 Å². The van der Waals surface area contributed by atoms with Gasteiger partial charge in [-0.25, -0.2) is 14.8 Å². The smallest absolute Gasteiger partial charge is 0.410 e. The van der Waals surface area contributed by atoms with Crippen LogP contribution < -0.4 is 5.56 Å². The molecule has 4 aliphatic rings. The number of hydrogen-bond acceptors (Lipinski definition) is 5. The maximum Gasteiger partial charge on any atom is 0.410 e. The molecule has 1 amide bonds. The number of nitrogens with one attached hydrogen (secondary N) is 2. The highest BCUT2D eigenvalue weighted by molar-refractivity contribution is 5.87. The number of likely N-dealkylation sites (tertiary alicyclic amines) is 1. The Kier molecular flexibility index (Phi) is 8.12. The zero-order valence-corrected chi connectivity index (χ0v) is 30.7. The summed E-state index contributed by atoms with van der Waals surface area (Å²) in [6.45, 7) is 6.18. The molecule has 268 valence electrons. The van der Waals surface area contributed by atoms with Gasteiger partial charge in [0.2, 0.25) is 0 Å². The Morgan fingerprint density at radius 3 is 2.19 bits per heavy atom. The molecule has 8 heteroatoms. The first kappa shape index (κ1) is 33.1. The normalized spacial score (nSPS) is 20.0. The van der Waals surface area contributed by atoms with Gasteiger partial charge in [0.25, 0.3) is 5.56 Å². The molecule has 2 N–H and O–H groups in total. The van der Waals surface area contributed by atoms with Crippen molar-refractivity contribution in [3.05, 3.63) is 93.9 Å². The molecule has 1 atom stereocenters. The highest BCUT2D eigenvalue weighted by Gasteiger charge is 2.42. The molecule has 3 aliphatic carbocycles. The van der Waals surface area contributed by atoms with Gasteiger partial charge in [-0.2, -0.15) is 0 Å². The molecule has 5 aromatic rings. The Balaban J connectivity index is 1.04. The van der Waals surface area contributed by atoms with Gasteiger partial charge in [0.15, 0.2) is 0 Å². The minimum absolute atomic E-state index is 0.175. The zero-order valence-electron chi connectivity index (χ0n) is 30.7. The first-order chi connectivity index (χ1) is 25.1. The number of benzene rings is 3. The van der Waals surface area contributed by atoms with Crippen molar-refractivity contribution in [2.45, 2.75) is 115 Å². The molecule has 9 rings (SSSR count). The number of fused-ring (bicyclic) bond motifs is 2. The second-order valence-electron chi connectivity index (χ2n) is 16.9. The number of carbonyl (C=O) groups excluding carboxylic acids is 1. The van der Waals surface area contributed by atoms with Gasteiger partial charge >= 0.3 is 6.09 Å². The molecule has 1 spiro atoms. The molecule has 0 bridgehead atoms. The van der Waals surface area contributed by atoms with Crippen molar-refractivity contribution in [1.82, 2.24) is 24.8 Å². The SMILES string of the molecule is CC(C)(C)OC(=O)N1CCC[C@H]1c1nc2ccc(-c3ccc(-c4ccc(-c5cnc(C6CCCC6)[nH]5)cc4)c4c3CC3(CCCC3)C4)cc2c(=O)[nH]1. The van der Waals surface area contributed by atoms with Crippen molar-refractivity contribution in [3.8, 4) is 33.5 Å². The summed E-state index contributed by atoms with van der Waals surface area (Å²) in [7, 11) is 0. The largest absolute Gasteiger partial charge is 0.444 e. The van der Waals surface area contributed by atoms with Crippen LogP contribution in [0, 0.1) is 5.41 Å². The number of nitrogens with zero attached hydrogens (tertiary/aromatic N) is 3. The van der Waals surface area contributed by atoms with Gasteiger partial charge in [0, 0.05) is 12.5 Å². The fourth-order valence-corrected chi connectivity index (χ4v) is 9.72. The summed E-state index contributed by atoms with van der Waals surface area (Å²) in [4.78, 5) is 44.7. The van der Waals surface area contributed by atoms with Crippen LogP contribution in [0.25, 0.3) is 44.4 Å². The summed E-state index contributed by atoms with van der Waals surface area (Å²) < 4.78 is 5.67. The third-order valence-electron chi connectivity index (χ3n) is 12.3. The quantitative estimate of drug-likeness (QED) is 0.191. The number of rotatable bonds is 5. The van der Waals surface area contributed by atoms with E-state index < -0.39 is 5.60 Å². The lowest BCUT2D eigenvalue weighted by Gasteiger charge is -2.28. The molecule has 8 nitrogen and oxygen atoms in total. The van der Waals surface area contributed by atoms with Crippen molar-refractivity contribution in [2.75, 3.05) is 6.54 Å². The lowest BCUT2D eigenvalue weighted by molar-refractivity contribution is 0.0218. The number of amides is 1. The van der Waals surface area contributed by atoms with E-state index in [9.17, 15) is 9.59 Å². The van der Waals surface area contributed by atoms with E-state index in [1.807, 2.05) is 39.1 Å². The highest BCUT2D eigenvalue weighted by atomic mass is 16.6. The number of carbonyl (C=O) groups is 1. The summed E-state index contributed by atoms with van der Waals surface area (Å²) in [5, 5.41) is 0.569. The van der Waals surface area contributed by atoms with Gasteiger partial charge in [-0.15, -0.1) is 0 Å². The first-order valence-electron chi connectivity index (χ1n) is 19.5. The third kappa shape index (κ3) is 6.04. The van der Waals surface area contributed by atoms with Crippen LogP contribution in [0.3, 0.4) is 0 Å². The fraction of sp³-hybridized carbons (Fsp3) is 0.455. The molecule has 2 aromatic heterocycles. The van der Waals surface area contributed by atoms with Crippen molar-refractivity contribution in [2.24, 2.45) is 5.41 Å². The van der Waals surface area contributed by atoms with Gasteiger partial charge in [-0.3, -0.25) is 9.69 Å². The summed E-state index contributed by atoms with van der Waals surface area (Å²) in [6, 6.07) is 19.4. The van der Waals surface area contributed by atoms with Gasteiger partial charge < -0.3 is 14.7 Å². The highest BCUT2D eigenvalue weighted by Crippen LogP contribution is 2.53. The molecule has 52 heavy (non-hydrogen) atoms. The predicted octanol–water partition coefficient (Wildman–Crippen LogP) is 10.0. The minimum Gasteiger partial charge on any atom is -0.444 e. The minimum atomic E-state index is -0.593. The average Bonchev–Trinajstić information content (AvgIpc) is 3.97. The number of H-pyrrole nitrogens is 2. The van der Waals surface area contributed by atoms with Gasteiger partial charge in [-0.05, 0) is 129 Å². The molecule has 3 aromatic carbocycles. The molecular formula is C44H49N5O3. The van der Waals surface area contributed by atoms with E-state index in [0.29, 0.717) is 34.6 Å². The van der Waals surface area contributed by atoms with E-state index >= 15 is 0 Å². The van der Waals surface area contributed by atoms with Crippen molar-refractivity contribution in [3.63, 3.8) is 0 Å². The Morgan fingerprint density at radius 2 is 1.48 bits per heavy atom. The van der Waals surface area contributed by atoms with Crippen LogP contribution in [-0.4, -0.2) is 43.1 Å². The van der Waals surface area contributed by atoms with Crippen LogP contribution in [0.2, 0.25) is 0 Å². The average molecular weight is 696 g/mol. The van der Waals surface area contributed by atoms with Crippen molar-refractivity contribution < 1.29 is 9.53 Å². The zero-order chi connectivity index (χ0) is 35.6. The molecule has 0 unspecified atom stereocenters. The molecule has 0 radical (unpaired) electrons. The Morgan fingerprint density at radius 1 is 0.808 bits per heavy atom. The number of hydrogen-bond donors (Lipinski definition) is 2. The summed E-state index contributed by atoms with van der Waals surface area (Å²) in [6.07, 6.45) is 15.6. The van der Waals surface area contributed by atoms with Gasteiger partial charge in [0.1, 0.15) is 17.2 Å². The number of aromatic amines is 2. The molecule has 1 saturated heterocycles. The van der Waals surface area contributed by atoms with Crippen LogP contribution in [0.15, 0.2) is 65.6 Å². The van der Waals surface area contributed by atoms with E-state index in [1.165, 1.54) is 84.7 Å². The van der Waals surface area contributed by atoms with Crippen LogP contribution >= 0.6 is 0 Å². The molecule has 2 saturated carbocycles. The van der Waals surface area contributed by atoms with E-state index in [2.05, 4.69) is 52.4 Å².